The molecule has 0 unspecified atom stereocenters. The van der Waals surface area contributed by atoms with Gasteiger partial charge in [-0.3, -0.25) is 4.79 Å². The molecule has 0 aromatic carbocycles. The lowest BCUT2D eigenvalue weighted by Crippen LogP contribution is -2.31. The Kier molecular flexibility index (Phi) is 4.90. The molecule has 1 fully saturated rings. The third-order valence-electron chi connectivity index (χ3n) is 2.55. The molecule has 0 aromatic rings. The Morgan fingerprint density at radius 1 is 1.50 bits per heavy atom. The summed E-state index contributed by atoms with van der Waals surface area (Å²) in [5.41, 5.74) is 0. The van der Waals surface area contributed by atoms with Crippen LogP contribution in [-0.2, 0) is 9.53 Å². The van der Waals surface area contributed by atoms with Crippen LogP contribution in [0.4, 0.5) is 0 Å². The quantitative estimate of drug-likeness (QED) is 0.472. The van der Waals surface area contributed by atoms with E-state index < -0.39 is 0 Å². The predicted octanol–water partition coefficient (Wildman–Crippen LogP) is 0.233. The Labute approximate surface area is 85.6 Å². The van der Waals surface area contributed by atoms with Crippen LogP contribution >= 0.6 is 0 Å². The maximum absolute atomic E-state index is 10.8. The zero-order chi connectivity index (χ0) is 10.4. The highest BCUT2D eigenvalue weighted by molar-refractivity contribution is 5.69. The van der Waals surface area contributed by atoms with Gasteiger partial charge in [0.05, 0.1) is 13.5 Å². The number of carbonyl (C=O) groups is 1. The third kappa shape index (κ3) is 4.58. The van der Waals surface area contributed by atoms with E-state index in [0.717, 1.165) is 19.1 Å². The molecule has 1 aliphatic rings. The largest absolute Gasteiger partial charge is 0.469 e. The second kappa shape index (κ2) is 5.98. The number of nitrogens with zero attached hydrogens (tertiary/aromatic N) is 1. The minimum absolute atomic E-state index is 0.145. The number of methoxy groups -OCH3 is 1. The van der Waals surface area contributed by atoms with Gasteiger partial charge in [0.25, 0.3) is 0 Å². The van der Waals surface area contributed by atoms with Crippen LogP contribution in [0.3, 0.4) is 0 Å². The number of esters is 1. The zero-order valence-corrected chi connectivity index (χ0v) is 9.08. The topological polar surface area (TPSA) is 41.6 Å². The van der Waals surface area contributed by atoms with Gasteiger partial charge in [-0.2, -0.15) is 0 Å². The van der Waals surface area contributed by atoms with E-state index in [0.29, 0.717) is 13.0 Å². The summed E-state index contributed by atoms with van der Waals surface area (Å²) in [7, 11) is 3.57. The minimum atomic E-state index is -0.145. The molecule has 14 heavy (non-hydrogen) atoms. The average molecular weight is 200 g/mol. The molecule has 1 N–H and O–H groups in total. The van der Waals surface area contributed by atoms with Crippen molar-refractivity contribution in [3.8, 4) is 0 Å². The molecule has 0 aliphatic heterocycles. The normalized spacial score (nSPS) is 15.9. The van der Waals surface area contributed by atoms with Gasteiger partial charge in [0.1, 0.15) is 0 Å². The highest BCUT2D eigenvalue weighted by Gasteiger charge is 2.25. The summed E-state index contributed by atoms with van der Waals surface area (Å²) in [5, 5.41) is 3.22. The van der Waals surface area contributed by atoms with Crippen molar-refractivity contribution in [2.24, 2.45) is 0 Å². The molecular weight excluding hydrogens is 180 g/mol. The fraction of sp³-hybridized carbons (Fsp3) is 0.900. The average Bonchev–Trinajstić information content (AvgIpc) is 2.99. The first-order chi connectivity index (χ1) is 6.74. The monoisotopic (exact) mass is 200 g/mol. The van der Waals surface area contributed by atoms with Gasteiger partial charge in [0, 0.05) is 25.7 Å². The number of hydrogen-bond donors (Lipinski definition) is 1. The van der Waals surface area contributed by atoms with E-state index in [1.165, 1.54) is 20.0 Å². The molecule has 0 atom stereocenters. The van der Waals surface area contributed by atoms with E-state index in [2.05, 4.69) is 22.0 Å². The maximum atomic E-state index is 10.8. The van der Waals surface area contributed by atoms with Gasteiger partial charge in [-0.25, -0.2) is 0 Å². The molecule has 1 aliphatic carbocycles. The summed E-state index contributed by atoms with van der Waals surface area (Å²) in [6.07, 6.45) is 3.15. The van der Waals surface area contributed by atoms with E-state index in [4.69, 9.17) is 0 Å². The fourth-order valence-corrected chi connectivity index (χ4v) is 1.37. The van der Waals surface area contributed by atoms with Crippen molar-refractivity contribution in [3.63, 3.8) is 0 Å². The van der Waals surface area contributed by atoms with Crippen molar-refractivity contribution >= 4 is 5.97 Å². The van der Waals surface area contributed by atoms with Crippen LogP contribution in [0, 0.1) is 0 Å². The third-order valence-corrected chi connectivity index (χ3v) is 2.55. The Bertz CT molecular complexity index is 181. The summed E-state index contributed by atoms with van der Waals surface area (Å²) in [6.45, 7) is 2.72. The van der Waals surface area contributed by atoms with Crippen molar-refractivity contribution in [2.45, 2.75) is 25.3 Å². The van der Waals surface area contributed by atoms with E-state index in [9.17, 15) is 4.79 Å². The molecule has 1 rings (SSSR count). The van der Waals surface area contributed by atoms with E-state index in [-0.39, 0.29) is 5.97 Å². The van der Waals surface area contributed by atoms with Crippen molar-refractivity contribution in [1.29, 1.82) is 0 Å². The zero-order valence-electron chi connectivity index (χ0n) is 9.08. The minimum Gasteiger partial charge on any atom is -0.469 e. The number of likely N-dealkylation sites (N-methyl/N-ethyl adjacent to an activating group) is 1. The molecule has 0 heterocycles. The van der Waals surface area contributed by atoms with E-state index >= 15 is 0 Å². The molecule has 82 valence electrons. The van der Waals surface area contributed by atoms with Gasteiger partial charge < -0.3 is 15.0 Å². The number of rotatable bonds is 7. The SMILES string of the molecule is COC(=O)CCNCCN(C)C1CC1. The van der Waals surface area contributed by atoms with Gasteiger partial charge in [0.15, 0.2) is 0 Å². The van der Waals surface area contributed by atoms with Crippen molar-refractivity contribution in [2.75, 3.05) is 33.8 Å². The van der Waals surface area contributed by atoms with Crippen molar-refractivity contribution in [3.05, 3.63) is 0 Å². The molecule has 0 saturated heterocycles. The van der Waals surface area contributed by atoms with Crippen LogP contribution in [0.5, 0.6) is 0 Å². The molecular formula is C10H20N2O2. The standard InChI is InChI=1S/C10H20N2O2/c1-12(9-3-4-9)8-7-11-6-5-10(13)14-2/h9,11H,3-8H2,1-2H3. The highest BCUT2D eigenvalue weighted by Crippen LogP contribution is 2.24. The first-order valence-corrected chi connectivity index (χ1v) is 5.22. The molecule has 0 amide bonds. The maximum Gasteiger partial charge on any atom is 0.306 e. The number of hydrogen-bond acceptors (Lipinski definition) is 4. The van der Waals surface area contributed by atoms with Crippen LogP contribution < -0.4 is 5.32 Å². The van der Waals surface area contributed by atoms with Crippen LogP contribution in [0.15, 0.2) is 0 Å². The van der Waals surface area contributed by atoms with Crippen LogP contribution in [0.2, 0.25) is 0 Å². The lowest BCUT2D eigenvalue weighted by atomic mass is 10.4. The van der Waals surface area contributed by atoms with E-state index in [1.54, 1.807) is 0 Å². The first kappa shape index (κ1) is 11.5. The van der Waals surface area contributed by atoms with Crippen molar-refractivity contribution in [1.82, 2.24) is 10.2 Å². The van der Waals surface area contributed by atoms with E-state index in [1.807, 2.05) is 0 Å². The molecule has 0 aromatic heterocycles. The summed E-state index contributed by atoms with van der Waals surface area (Å²) >= 11 is 0. The number of nitrogens with one attached hydrogen (secondary N) is 1. The summed E-state index contributed by atoms with van der Waals surface area (Å²) < 4.78 is 4.54. The smallest absolute Gasteiger partial charge is 0.306 e. The predicted molar refractivity (Wildman–Crippen MR) is 55.2 cm³/mol. The fourth-order valence-electron chi connectivity index (χ4n) is 1.37. The Morgan fingerprint density at radius 2 is 2.21 bits per heavy atom. The highest BCUT2D eigenvalue weighted by atomic mass is 16.5. The lowest BCUT2D eigenvalue weighted by Gasteiger charge is -2.15. The van der Waals surface area contributed by atoms with Crippen LogP contribution in [0.1, 0.15) is 19.3 Å². The van der Waals surface area contributed by atoms with Gasteiger partial charge in [-0.1, -0.05) is 0 Å². The van der Waals surface area contributed by atoms with Gasteiger partial charge in [-0.15, -0.1) is 0 Å². The molecule has 4 heteroatoms. The Hall–Kier alpha value is -0.610. The lowest BCUT2D eigenvalue weighted by molar-refractivity contribution is -0.140. The van der Waals surface area contributed by atoms with Gasteiger partial charge in [0.2, 0.25) is 0 Å². The van der Waals surface area contributed by atoms with Crippen LogP contribution in [-0.4, -0.2) is 50.7 Å². The first-order valence-electron chi connectivity index (χ1n) is 5.22. The Morgan fingerprint density at radius 3 is 2.79 bits per heavy atom. The molecule has 0 radical (unpaired) electrons. The molecule has 1 saturated carbocycles. The Balaban J connectivity index is 1.86. The van der Waals surface area contributed by atoms with Crippen molar-refractivity contribution < 1.29 is 9.53 Å². The second-order valence-corrected chi connectivity index (χ2v) is 3.79. The molecule has 0 spiro atoms. The summed E-state index contributed by atoms with van der Waals surface area (Å²) in [5.74, 6) is -0.145. The van der Waals surface area contributed by atoms with Gasteiger partial charge in [-0.05, 0) is 19.9 Å². The number of ether oxygens (including phenoxy) is 1. The van der Waals surface area contributed by atoms with Crippen LogP contribution in [0.25, 0.3) is 0 Å². The second-order valence-electron chi connectivity index (χ2n) is 3.79. The number of carbonyl (C=O) groups excluding carboxylic acids is 1. The molecule has 0 bridgehead atoms. The summed E-state index contributed by atoms with van der Waals surface area (Å²) in [4.78, 5) is 13.1. The van der Waals surface area contributed by atoms with Gasteiger partial charge >= 0.3 is 5.97 Å². The summed E-state index contributed by atoms with van der Waals surface area (Å²) in [6, 6.07) is 0.817. The molecule has 4 nitrogen and oxygen atoms in total.